The summed E-state index contributed by atoms with van der Waals surface area (Å²) in [6.45, 7) is 1.90. The van der Waals surface area contributed by atoms with Gasteiger partial charge < -0.3 is 13.9 Å². The molecule has 23 heavy (non-hydrogen) atoms. The lowest BCUT2D eigenvalue weighted by atomic mass is 9.90. The highest BCUT2D eigenvalue weighted by molar-refractivity contribution is 5.94. The fourth-order valence-electron chi connectivity index (χ4n) is 3.45. The number of ether oxygens (including phenoxy) is 1. The monoisotopic (exact) mass is 312 g/mol. The van der Waals surface area contributed by atoms with Crippen LogP contribution in [0, 0.1) is 0 Å². The Kier molecular flexibility index (Phi) is 3.01. The van der Waals surface area contributed by atoms with Gasteiger partial charge in [-0.1, -0.05) is 0 Å². The van der Waals surface area contributed by atoms with Gasteiger partial charge in [0, 0.05) is 36.7 Å². The SMILES string of the molecule is Cn1cccc1CCC1(C)OC(=O)c2c1ccn(C1CC1)c2=O. The molecule has 4 rings (SSSR count). The van der Waals surface area contributed by atoms with Crippen molar-refractivity contribution in [3.63, 3.8) is 0 Å². The molecule has 1 fully saturated rings. The summed E-state index contributed by atoms with van der Waals surface area (Å²) in [6.07, 6.45) is 7.30. The first-order valence-corrected chi connectivity index (χ1v) is 8.09. The Morgan fingerprint density at radius 3 is 2.70 bits per heavy atom. The quantitative estimate of drug-likeness (QED) is 0.815. The van der Waals surface area contributed by atoms with Crippen LogP contribution in [0.25, 0.3) is 0 Å². The first-order valence-electron chi connectivity index (χ1n) is 8.09. The summed E-state index contributed by atoms with van der Waals surface area (Å²) in [5.41, 5.74) is 1.23. The van der Waals surface area contributed by atoms with E-state index < -0.39 is 11.6 Å². The van der Waals surface area contributed by atoms with Gasteiger partial charge in [0.15, 0.2) is 0 Å². The van der Waals surface area contributed by atoms with Crippen LogP contribution in [0.1, 0.15) is 53.8 Å². The van der Waals surface area contributed by atoms with Crippen LogP contribution in [0.5, 0.6) is 0 Å². The standard InChI is InChI=1S/C18H20N2O3/c1-18(9-7-12-4-3-10-19(12)2)14-8-11-20(13-5-6-13)16(21)15(14)17(22)23-18/h3-4,8,10-11,13H,5-7,9H2,1-2H3. The van der Waals surface area contributed by atoms with Crippen LogP contribution in [-0.2, 0) is 23.8 Å². The number of fused-ring (bicyclic) bond motifs is 1. The zero-order valence-corrected chi connectivity index (χ0v) is 13.4. The minimum absolute atomic E-state index is 0.197. The molecule has 1 saturated carbocycles. The van der Waals surface area contributed by atoms with Crippen molar-refractivity contribution in [2.45, 2.75) is 44.2 Å². The van der Waals surface area contributed by atoms with Crippen LogP contribution in [-0.4, -0.2) is 15.1 Å². The molecule has 0 radical (unpaired) electrons. The first kappa shape index (κ1) is 14.3. The number of carbonyl (C=O) groups is 1. The molecule has 2 aromatic heterocycles. The molecule has 120 valence electrons. The van der Waals surface area contributed by atoms with Gasteiger partial charge in [-0.15, -0.1) is 0 Å². The third-order valence-electron chi connectivity index (χ3n) is 5.06. The fraction of sp³-hybridized carbons (Fsp3) is 0.444. The molecule has 0 saturated heterocycles. The van der Waals surface area contributed by atoms with Crippen LogP contribution in [0.2, 0.25) is 0 Å². The maximum absolute atomic E-state index is 12.6. The average molecular weight is 312 g/mol. The van der Waals surface area contributed by atoms with Crippen LogP contribution in [0.3, 0.4) is 0 Å². The maximum Gasteiger partial charge on any atom is 0.345 e. The molecule has 1 aliphatic heterocycles. The van der Waals surface area contributed by atoms with Gasteiger partial charge in [-0.3, -0.25) is 4.79 Å². The fourth-order valence-corrected chi connectivity index (χ4v) is 3.45. The average Bonchev–Trinajstić information content (AvgIpc) is 3.21. The molecule has 3 heterocycles. The number of rotatable bonds is 4. The summed E-state index contributed by atoms with van der Waals surface area (Å²) in [6, 6.07) is 6.22. The van der Waals surface area contributed by atoms with Crippen molar-refractivity contribution in [2.75, 3.05) is 0 Å². The van der Waals surface area contributed by atoms with E-state index >= 15 is 0 Å². The van der Waals surface area contributed by atoms with Gasteiger partial charge in [0.1, 0.15) is 11.2 Å². The highest BCUT2D eigenvalue weighted by Gasteiger charge is 2.44. The van der Waals surface area contributed by atoms with E-state index in [1.807, 2.05) is 38.5 Å². The largest absolute Gasteiger partial charge is 0.451 e. The predicted molar refractivity (Wildman–Crippen MR) is 85.5 cm³/mol. The van der Waals surface area contributed by atoms with E-state index in [9.17, 15) is 9.59 Å². The lowest BCUT2D eigenvalue weighted by Crippen LogP contribution is -2.26. The van der Waals surface area contributed by atoms with Crippen molar-refractivity contribution in [1.29, 1.82) is 0 Å². The molecule has 2 aromatic rings. The van der Waals surface area contributed by atoms with E-state index in [0.717, 1.165) is 24.8 Å². The molecule has 0 bridgehead atoms. The lowest BCUT2D eigenvalue weighted by Gasteiger charge is -2.24. The number of aryl methyl sites for hydroxylation is 2. The molecular formula is C18H20N2O3. The van der Waals surface area contributed by atoms with Crippen molar-refractivity contribution in [3.8, 4) is 0 Å². The second kappa shape index (κ2) is 4.85. The Hall–Kier alpha value is -2.30. The smallest absolute Gasteiger partial charge is 0.345 e. The summed E-state index contributed by atoms with van der Waals surface area (Å²) in [5, 5.41) is 0. The second-order valence-corrected chi connectivity index (χ2v) is 6.78. The van der Waals surface area contributed by atoms with E-state index in [4.69, 9.17) is 4.74 Å². The first-order chi connectivity index (χ1) is 11.0. The number of pyridine rings is 1. The number of hydrogen-bond donors (Lipinski definition) is 0. The second-order valence-electron chi connectivity index (χ2n) is 6.78. The molecular weight excluding hydrogens is 292 g/mol. The van der Waals surface area contributed by atoms with Gasteiger partial charge in [0.25, 0.3) is 5.56 Å². The van der Waals surface area contributed by atoms with E-state index in [-0.39, 0.29) is 17.2 Å². The van der Waals surface area contributed by atoms with E-state index in [1.54, 1.807) is 4.57 Å². The molecule has 0 spiro atoms. The molecule has 0 aromatic carbocycles. The number of esters is 1. The molecule has 5 heteroatoms. The predicted octanol–water partition coefficient (Wildman–Crippen LogP) is 2.54. The Labute approximate surface area is 134 Å². The van der Waals surface area contributed by atoms with Gasteiger partial charge in [0.2, 0.25) is 0 Å². The van der Waals surface area contributed by atoms with Crippen LogP contribution >= 0.6 is 0 Å². The minimum atomic E-state index is -0.724. The number of aromatic nitrogens is 2. The summed E-state index contributed by atoms with van der Waals surface area (Å²) < 4.78 is 9.38. The van der Waals surface area contributed by atoms with Crippen molar-refractivity contribution in [2.24, 2.45) is 7.05 Å². The summed E-state index contributed by atoms with van der Waals surface area (Å²) in [5.74, 6) is -0.477. The maximum atomic E-state index is 12.6. The highest BCUT2D eigenvalue weighted by atomic mass is 16.6. The molecule has 1 atom stereocenters. The van der Waals surface area contributed by atoms with Crippen molar-refractivity contribution in [3.05, 3.63) is 57.8 Å². The zero-order valence-electron chi connectivity index (χ0n) is 13.4. The Balaban J connectivity index is 1.67. The van der Waals surface area contributed by atoms with Crippen LogP contribution < -0.4 is 5.56 Å². The van der Waals surface area contributed by atoms with Gasteiger partial charge >= 0.3 is 5.97 Å². The Morgan fingerprint density at radius 2 is 2.04 bits per heavy atom. The molecule has 1 aliphatic carbocycles. The third-order valence-corrected chi connectivity index (χ3v) is 5.06. The van der Waals surface area contributed by atoms with Crippen molar-refractivity contribution >= 4 is 5.97 Å². The van der Waals surface area contributed by atoms with Gasteiger partial charge in [-0.05, 0) is 50.8 Å². The summed E-state index contributed by atoms with van der Waals surface area (Å²) in [7, 11) is 2.00. The molecule has 1 unspecified atom stereocenters. The number of hydrogen-bond acceptors (Lipinski definition) is 3. The number of nitrogens with zero attached hydrogens (tertiary/aromatic N) is 2. The normalized spacial score (nSPS) is 23.0. The Morgan fingerprint density at radius 1 is 1.26 bits per heavy atom. The van der Waals surface area contributed by atoms with Crippen molar-refractivity contribution in [1.82, 2.24) is 9.13 Å². The number of carbonyl (C=O) groups excluding carboxylic acids is 1. The van der Waals surface area contributed by atoms with E-state index in [1.165, 1.54) is 5.69 Å². The van der Waals surface area contributed by atoms with Crippen molar-refractivity contribution < 1.29 is 9.53 Å². The minimum Gasteiger partial charge on any atom is -0.451 e. The van der Waals surface area contributed by atoms with E-state index in [2.05, 4.69) is 10.6 Å². The zero-order chi connectivity index (χ0) is 16.2. The number of cyclic esters (lactones) is 1. The van der Waals surface area contributed by atoms with Gasteiger partial charge in [-0.2, -0.15) is 0 Å². The molecule has 0 N–H and O–H groups in total. The van der Waals surface area contributed by atoms with Gasteiger partial charge in [-0.25, -0.2) is 4.79 Å². The molecule has 5 nitrogen and oxygen atoms in total. The van der Waals surface area contributed by atoms with Crippen LogP contribution in [0.4, 0.5) is 0 Å². The highest BCUT2D eigenvalue weighted by Crippen LogP contribution is 2.40. The van der Waals surface area contributed by atoms with E-state index in [0.29, 0.717) is 6.42 Å². The third kappa shape index (κ3) is 2.22. The van der Waals surface area contributed by atoms with Gasteiger partial charge in [0.05, 0.1) is 0 Å². The summed E-state index contributed by atoms with van der Waals surface area (Å²) in [4.78, 5) is 24.9. The summed E-state index contributed by atoms with van der Waals surface area (Å²) >= 11 is 0. The molecule has 2 aliphatic rings. The lowest BCUT2D eigenvalue weighted by molar-refractivity contribution is -0.00308. The Bertz CT molecular complexity index is 844. The topological polar surface area (TPSA) is 53.2 Å². The van der Waals surface area contributed by atoms with Crippen LogP contribution in [0.15, 0.2) is 35.4 Å². The molecule has 0 amide bonds.